The molecule has 4 aromatic rings. The number of pyridine rings is 1. The van der Waals surface area contributed by atoms with E-state index in [0.29, 0.717) is 28.9 Å². The average Bonchev–Trinajstić information content (AvgIpc) is 3.36. The first kappa shape index (κ1) is 25.7. The predicted molar refractivity (Wildman–Crippen MR) is 142 cm³/mol. The second kappa shape index (κ2) is 11.1. The van der Waals surface area contributed by atoms with Crippen molar-refractivity contribution in [2.24, 2.45) is 0 Å². The third-order valence-electron chi connectivity index (χ3n) is 5.85. The normalized spacial score (nSPS) is 12.5. The summed E-state index contributed by atoms with van der Waals surface area (Å²) in [5.74, 6) is 2.02. The van der Waals surface area contributed by atoms with Crippen molar-refractivity contribution in [2.75, 3.05) is 32.6 Å². The van der Waals surface area contributed by atoms with Gasteiger partial charge in [-0.25, -0.2) is 4.68 Å². The van der Waals surface area contributed by atoms with Crippen molar-refractivity contribution in [1.29, 1.82) is 0 Å². The molecule has 0 saturated heterocycles. The van der Waals surface area contributed by atoms with E-state index in [1.165, 1.54) is 0 Å². The van der Waals surface area contributed by atoms with E-state index in [4.69, 9.17) is 21.1 Å². The maximum Gasteiger partial charge on any atom is 0.173 e. The number of halogens is 1. The molecule has 2 heterocycles. The van der Waals surface area contributed by atoms with Crippen LogP contribution in [0, 0.1) is 0 Å². The molecular formula is C26H32ClN7O2. The Morgan fingerprint density at radius 2 is 1.89 bits per heavy atom. The minimum atomic E-state index is -0.298. The number of nitrogens with one attached hydrogen (secondary N) is 2. The summed E-state index contributed by atoms with van der Waals surface area (Å²) in [4.78, 5) is 4.41. The van der Waals surface area contributed by atoms with Crippen LogP contribution in [0.1, 0.15) is 44.6 Å². The molecule has 9 nitrogen and oxygen atoms in total. The number of anilines is 1. The van der Waals surface area contributed by atoms with Crippen molar-refractivity contribution in [3.63, 3.8) is 0 Å². The maximum atomic E-state index is 6.12. The Labute approximate surface area is 216 Å². The van der Waals surface area contributed by atoms with E-state index >= 15 is 0 Å². The van der Waals surface area contributed by atoms with Gasteiger partial charge in [-0.3, -0.25) is 4.98 Å². The van der Waals surface area contributed by atoms with E-state index in [-0.39, 0.29) is 11.6 Å². The van der Waals surface area contributed by atoms with E-state index in [2.05, 4.69) is 51.9 Å². The van der Waals surface area contributed by atoms with Crippen LogP contribution in [0.15, 0.2) is 48.7 Å². The quantitative estimate of drug-likeness (QED) is 0.293. The lowest BCUT2D eigenvalue weighted by atomic mass is 10.0. The van der Waals surface area contributed by atoms with E-state index in [1.807, 2.05) is 47.1 Å². The summed E-state index contributed by atoms with van der Waals surface area (Å²) in [6, 6.07) is 13.2. The van der Waals surface area contributed by atoms with Crippen molar-refractivity contribution >= 4 is 28.2 Å². The molecule has 0 fully saturated rings. The minimum absolute atomic E-state index is 0.294. The van der Waals surface area contributed by atoms with Crippen molar-refractivity contribution in [3.05, 3.63) is 65.1 Å². The van der Waals surface area contributed by atoms with Crippen molar-refractivity contribution in [3.8, 4) is 11.5 Å². The van der Waals surface area contributed by atoms with Crippen LogP contribution in [0.4, 0.5) is 5.69 Å². The molecule has 190 valence electrons. The number of para-hydroxylation sites is 1. The number of tetrazole rings is 1. The Balaban J connectivity index is 1.52. The Bertz CT molecular complexity index is 1320. The van der Waals surface area contributed by atoms with E-state index in [1.54, 1.807) is 20.4 Å². The molecule has 0 saturated carbocycles. The number of hydrogen-bond donors (Lipinski definition) is 2. The summed E-state index contributed by atoms with van der Waals surface area (Å²) < 4.78 is 13.1. The zero-order valence-corrected chi connectivity index (χ0v) is 22.0. The molecule has 0 amide bonds. The molecule has 0 aliphatic rings. The molecule has 0 spiro atoms. The van der Waals surface area contributed by atoms with E-state index < -0.39 is 0 Å². The largest absolute Gasteiger partial charge is 0.493 e. The second-order valence-corrected chi connectivity index (χ2v) is 9.83. The highest BCUT2D eigenvalue weighted by atomic mass is 35.5. The molecule has 0 bridgehead atoms. The first-order chi connectivity index (χ1) is 17.3. The van der Waals surface area contributed by atoms with Crippen molar-refractivity contribution in [1.82, 2.24) is 30.5 Å². The Morgan fingerprint density at radius 3 is 2.64 bits per heavy atom. The topological polar surface area (TPSA) is 99.0 Å². The van der Waals surface area contributed by atoms with Gasteiger partial charge in [0.05, 0.1) is 31.3 Å². The van der Waals surface area contributed by atoms with E-state index in [0.717, 1.165) is 35.1 Å². The smallest absolute Gasteiger partial charge is 0.173 e. The summed E-state index contributed by atoms with van der Waals surface area (Å²) >= 11 is 6.12. The average molecular weight is 510 g/mol. The van der Waals surface area contributed by atoms with Crippen molar-refractivity contribution in [2.45, 2.75) is 38.8 Å². The van der Waals surface area contributed by atoms with Gasteiger partial charge in [-0.1, -0.05) is 23.7 Å². The highest BCUT2D eigenvalue weighted by Crippen LogP contribution is 2.37. The van der Waals surface area contributed by atoms with Gasteiger partial charge < -0.3 is 20.1 Å². The SMILES string of the molecule is COc1cccc(C(NCCCNc2ccnc3cc(Cl)ccc23)c2nnnn2C(C)(C)C)c1OC. The van der Waals surface area contributed by atoms with Gasteiger partial charge in [0, 0.05) is 34.4 Å². The summed E-state index contributed by atoms with van der Waals surface area (Å²) in [6.07, 6.45) is 2.65. The monoisotopic (exact) mass is 509 g/mol. The number of rotatable bonds is 10. The molecule has 2 aromatic carbocycles. The van der Waals surface area contributed by atoms with Gasteiger partial charge in [0.25, 0.3) is 0 Å². The van der Waals surface area contributed by atoms with E-state index in [9.17, 15) is 0 Å². The third-order valence-corrected chi connectivity index (χ3v) is 6.09. The summed E-state index contributed by atoms with van der Waals surface area (Å²) in [6.45, 7) is 7.69. The fourth-order valence-electron chi connectivity index (χ4n) is 4.16. The third kappa shape index (κ3) is 5.52. The van der Waals surface area contributed by atoms with Crippen molar-refractivity contribution < 1.29 is 9.47 Å². The van der Waals surface area contributed by atoms with Gasteiger partial charge in [-0.15, -0.1) is 5.10 Å². The van der Waals surface area contributed by atoms with Gasteiger partial charge in [0.1, 0.15) is 0 Å². The molecule has 0 aliphatic heterocycles. The number of nitrogens with zero attached hydrogens (tertiary/aromatic N) is 5. The fraction of sp³-hybridized carbons (Fsp3) is 0.385. The summed E-state index contributed by atoms with van der Waals surface area (Å²) in [7, 11) is 3.27. The van der Waals surface area contributed by atoms with Gasteiger partial charge in [-0.2, -0.15) is 0 Å². The molecule has 10 heteroatoms. The Kier molecular flexibility index (Phi) is 7.91. The van der Waals surface area contributed by atoms with Crippen LogP contribution >= 0.6 is 11.6 Å². The molecular weight excluding hydrogens is 478 g/mol. The molecule has 2 N–H and O–H groups in total. The van der Waals surface area contributed by atoms with Gasteiger partial charge in [0.2, 0.25) is 0 Å². The van der Waals surface area contributed by atoms with Crippen LogP contribution < -0.4 is 20.1 Å². The van der Waals surface area contributed by atoms with Gasteiger partial charge >= 0.3 is 0 Å². The second-order valence-electron chi connectivity index (χ2n) is 9.39. The fourth-order valence-corrected chi connectivity index (χ4v) is 4.33. The lowest BCUT2D eigenvalue weighted by Crippen LogP contribution is -2.33. The highest BCUT2D eigenvalue weighted by molar-refractivity contribution is 6.31. The number of methoxy groups -OCH3 is 2. The number of fused-ring (bicyclic) bond motifs is 1. The van der Waals surface area contributed by atoms with Crippen LogP contribution in [0.3, 0.4) is 0 Å². The number of benzene rings is 2. The molecule has 0 radical (unpaired) electrons. The van der Waals surface area contributed by atoms with Gasteiger partial charge in [0.15, 0.2) is 17.3 Å². The number of aromatic nitrogens is 5. The van der Waals surface area contributed by atoms with Crippen LogP contribution in [0.2, 0.25) is 5.02 Å². The summed E-state index contributed by atoms with van der Waals surface area (Å²) in [5.41, 5.74) is 2.50. The molecule has 36 heavy (non-hydrogen) atoms. The van der Waals surface area contributed by atoms with Crippen LogP contribution in [-0.4, -0.2) is 52.5 Å². The zero-order valence-electron chi connectivity index (χ0n) is 21.2. The van der Waals surface area contributed by atoms with Crippen LogP contribution in [-0.2, 0) is 5.54 Å². The maximum absolute atomic E-state index is 6.12. The first-order valence-corrected chi connectivity index (χ1v) is 12.2. The zero-order chi connectivity index (χ0) is 25.7. The van der Waals surface area contributed by atoms with Crippen LogP contribution in [0.5, 0.6) is 11.5 Å². The lowest BCUT2D eigenvalue weighted by Gasteiger charge is -2.26. The molecule has 2 aromatic heterocycles. The molecule has 0 aliphatic carbocycles. The van der Waals surface area contributed by atoms with Gasteiger partial charge in [-0.05, 0) is 74.5 Å². The number of hydrogen-bond acceptors (Lipinski definition) is 8. The minimum Gasteiger partial charge on any atom is -0.493 e. The molecule has 1 atom stereocenters. The number of ether oxygens (including phenoxy) is 2. The predicted octanol–water partition coefficient (Wildman–Crippen LogP) is 4.83. The first-order valence-electron chi connectivity index (χ1n) is 11.8. The lowest BCUT2D eigenvalue weighted by molar-refractivity contribution is 0.320. The molecule has 4 rings (SSSR count). The standard InChI is InChI=1S/C26H32ClN7O2/c1-26(2,3)34-25(31-32-33-34)23(19-8-6-9-22(35-4)24(19)36-5)30-14-7-13-28-20-12-15-29-21-16-17(27)10-11-18(20)21/h6,8-12,15-16,23,30H,7,13-14H2,1-5H3,(H,28,29). The Morgan fingerprint density at radius 1 is 1.06 bits per heavy atom. The molecule has 1 unspecified atom stereocenters. The highest BCUT2D eigenvalue weighted by Gasteiger charge is 2.29. The summed E-state index contributed by atoms with van der Waals surface area (Å²) in [5, 5.41) is 21.5. The van der Waals surface area contributed by atoms with Crippen LogP contribution in [0.25, 0.3) is 10.9 Å². The Hall–Kier alpha value is -3.43.